The van der Waals surface area contributed by atoms with E-state index in [2.05, 4.69) is 35.0 Å². The van der Waals surface area contributed by atoms with E-state index < -0.39 is 0 Å². The van der Waals surface area contributed by atoms with Gasteiger partial charge in [0.25, 0.3) is 0 Å². The fraction of sp³-hybridized carbons (Fsp3) is 0.769. The molecule has 0 bridgehead atoms. The van der Waals surface area contributed by atoms with Crippen molar-refractivity contribution in [1.29, 1.82) is 0 Å². The van der Waals surface area contributed by atoms with Crippen LogP contribution in [-0.2, 0) is 0 Å². The Hall–Kier alpha value is -0.830. The van der Waals surface area contributed by atoms with Crippen LogP contribution in [-0.4, -0.2) is 34.2 Å². The molecule has 0 atom stereocenters. The number of nitrogens with zero attached hydrogens (tertiary/aromatic N) is 2. The van der Waals surface area contributed by atoms with Crippen LogP contribution in [0, 0.1) is 0 Å². The van der Waals surface area contributed by atoms with Crippen molar-refractivity contribution in [2.45, 2.75) is 52.5 Å². The minimum absolute atomic E-state index is 0.692. The Morgan fingerprint density at radius 2 is 1.94 bits per heavy atom. The molecule has 0 unspecified atom stereocenters. The van der Waals surface area contributed by atoms with Gasteiger partial charge in [0, 0.05) is 23.9 Å². The van der Waals surface area contributed by atoms with Crippen LogP contribution in [0.2, 0.25) is 0 Å². The van der Waals surface area contributed by atoms with E-state index in [0.717, 1.165) is 0 Å². The lowest BCUT2D eigenvalue weighted by Gasteiger charge is -2.34. The van der Waals surface area contributed by atoms with Gasteiger partial charge in [-0.25, -0.2) is 0 Å². The molecule has 1 aliphatic rings. The smallest absolute Gasteiger partial charge is 0.0490 e. The van der Waals surface area contributed by atoms with Crippen LogP contribution in [0.25, 0.3) is 0 Å². The van der Waals surface area contributed by atoms with Crippen LogP contribution in [0.3, 0.4) is 0 Å². The topological polar surface area (TPSA) is 31.9 Å². The van der Waals surface area contributed by atoms with E-state index >= 15 is 0 Å². The predicted octanol–water partition coefficient (Wildman–Crippen LogP) is 3.02. The Balaban J connectivity index is 0.000000606. The van der Waals surface area contributed by atoms with Crippen molar-refractivity contribution >= 4 is 0 Å². The zero-order valence-corrected chi connectivity index (χ0v) is 11.0. The average Bonchev–Trinajstić information content (AvgIpc) is 2.85. The maximum Gasteiger partial charge on any atom is 0.0490 e. The summed E-state index contributed by atoms with van der Waals surface area (Å²) in [4.78, 5) is 2.55. The number of aromatic amines is 1. The number of rotatable bonds is 2. The highest BCUT2D eigenvalue weighted by atomic mass is 15.2. The zero-order valence-electron chi connectivity index (χ0n) is 11.0. The summed E-state index contributed by atoms with van der Waals surface area (Å²) in [5, 5.41) is 7.10. The highest BCUT2D eigenvalue weighted by Crippen LogP contribution is 2.26. The first-order valence-electron chi connectivity index (χ1n) is 6.50. The molecule has 0 spiro atoms. The molecule has 92 valence electrons. The summed E-state index contributed by atoms with van der Waals surface area (Å²) in [7, 11) is 0. The van der Waals surface area contributed by atoms with Gasteiger partial charge in [-0.1, -0.05) is 13.8 Å². The second-order valence-corrected chi connectivity index (χ2v) is 4.42. The normalized spacial score (nSPS) is 18.3. The van der Waals surface area contributed by atoms with Crippen molar-refractivity contribution in [3.05, 3.63) is 18.0 Å². The second kappa shape index (κ2) is 6.69. The molecule has 1 N–H and O–H groups in total. The first-order chi connectivity index (χ1) is 7.77. The van der Waals surface area contributed by atoms with Crippen LogP contribution in [0.1, 0.15) is 52.1 Å². The summed E-state index contributed by atoms with van der Waals surface area (Å²) >= 11 is 0. The van der Waals surface area contributed by atoms with Gasteiger partial charge < -0.3 is 4.90 Å². The number of H-pyrrole nitrogens is 1. The monoisotopic (exact) mass is 223 g/mol. The van der Waals surface area contributed by atoms with Gasteiger partial charge in [0.05, 0.1) is 0 Å². The molecule has 0 saturated carbocycles. The van der Waals surface area contributed by atoms with E-state index in [9.17, 15) is 0 Å². The molecule has 0 aliphatic carbocycles. The molecule has 16 heavy (non-hydrogen) atoms. The van der Waals surface area contributed by atoms with Gasteiger partial charge in [-0.2, -0.15) is 5.10 Å². The van der Waals surface area contributed by atoms with Gasteiger partial charge in [0.2, 0.25) is 0 Å². The molecule has 0 amide bonds. The maximum atomic E-state index is 4.01. The highest BCUT2D eigenvalue weighted by Gasteiger charge is 2.22. The summed E-state index contributed by atoms with van der Waals surface area (Å²) in [5.41, 5.74) is 1.31. The van der Waals surface area contributed by atoms with Crippen molar-refractivity contribution in [1.82, 2.24) is 15.1 Å². The summed E-state index contributed by atoms with van der Waals surface area (Å²) < 4.78 is 0. The van der Waals surface area contributed by atoms with Crippen LogP contribution in [0.15, 0.2) is 12.3 Å². The fourth-order valence-corrected chi connectivity index (χ4v) is 2.22. The standard InChI is InChI=1S/C11H19N3.C2H6/c1-9(2)14-7-4-10(5-8-14)11-3-6-12-13-11;1-2/h3,6,9-10H,4-5,7-8H2,1-2H3,(H,12,13);1-2H3. The maximum absolute atomic E-state index is 4.01. The first-order valence-corrected chi connectivity index (χ1v) is 6.50. The van der Waals surface area contributed by atoms with Crippen LogP contribution in [0.5, 0.6) is 0 Å². The fourth-order valence-electron chi connectivity index (χ4n) is 2.22. The third kappa shape index (κ3) is 3.34. The third-order valence-corrected chi connectivity index (χ3v) is 3.22. The van der Waals surface area contributed by atoms with E-state index in [1.54, 1.807) is 0 Å². The zero-order chi connectivity index (χ0) is 12.0. The molecule has 1 aromatic heterocycles. The molecule has 1 saturated heterocycles. The summed E-state index contributed by atoms with van der Waals surface area (Å²) in [6, 6.07) is 2.80. The van der Waals surface area contributed by atoms with E-state index in [1.807, 2.05) is 20.0 Å². The van der Waals surface area contributed by atoms with E-state index in [-0.39, 0.29) is 0 Å². The number of aromatic nitrogens is 2. The largest absolute Gasteiger partial charge is 0.301 e. The van der Waals surface area contributed by atoms with Gasteiger partial charge in [-0.15, -0.1) is 0 Å². The Kier molecular flexibility index (Phi) is 5.53. The quantitative estimate of drug-likeness (QED) is 0.835. The minimum atomic E-state index is 0.692. The Morgan fingerprint density at radius 3 is 2.38 bits per heavy atom. The molecule has 3 heteroatoms. The van der Waals surface area contributed by atoms with Crippen molar-refractivity contribution in [3.8, 4) is 0 Å². The summed E-state index contributed by atoms with van der Waals surface area (Å²) in [6.45, 7) is 11.0. The van der Waals surface area contributed by atoms with Crippen LogP contribution in [0.4, 0.5) is 0 Å². The number of hydrogen-bond acceptors (Lipinski definition) is 2. The van der Waals surface area contributed by atoms with Crippen molar-refractivity contribution in [2.75, 3.05) is 13.1 Å². The van der Waals surface area contributed by atoms with E-state index in [0.29, 0.717) is 12.0 Å². The molecule has 1 aliphatic heterocycles. The van der Waals surface area contributed by atoms with Gasteiger partial charge >= 0.3 is 0 Å². The molecular weight excluding hydrogens is 198 g/mol. The van der Waals surface area contributed by atoms with Crippen molar-refractivity contribution in [3.63, 3.8) is 0 Å². The van der Waals surface area contributed by atoms with Crippen molar-refractivity contribution < 1.29 is 0 Å². The molecule has 1 aromatic rings. The number of likely N-dealkylation sites (tertiary alicyclic amines) is 1. The van der Waals surface area contributed by atoms with Gasteiger partial charge in [0.1, 0.15) is 0 Å². The Labute approximate surface area is 99.2 Å². The number of hydrogen-bond donors (Lipinski definition) is 1. The van der Waals surface area contributed by atoms with Crippen molar-refractivity contribution in [2.24, 2.45) is 0 Å². The molecule has 3 nitrogen and oxygen atoms in total. The van der Waals surface area contributed by atoms with Gasteiger partial charge in [0.15, 0.2) is 0 Å². The molecule has 2 rings (SSSR count). The lowest BCUT2D eigenvalue weighted by atomic mass is 9.93. The molecule has 0 aromatic carbocycles. The average molecular weight is 223 g/mol. The minimum Gasteiger partial charge on any atom is -0.301 e. The lowest BCUT2D eigenvalue weighted by molar-refractivity contribution is 0.171. The third-order valence-electron chi connectivity index (χ3n) is 3.22. The van der Waals surface area contributed by atoms with Crippen LogP contribution >= 0.6 is 0 Å². The van der Waals surface area contributed by atoms with Gasteiger partial charge in [-0.3, -0.25) is 5.10 Å². The summed E-state index contributed by atoms with van der Waals surface area (Å²) in [5.74, 6) is 0.701. The molecule has 1 fully saturated rings. The number of nitrogens with one attached hydrogen (secondary N) is 1. The predicted molar refractivity (Wildman–Crippen MR) is 68.6 cm³/mol. The van der Waals surface area contributed by atoms with Crippen LogP contribution < -0.4 is 0 Å². The Bertz CT molecular complexity index is 259. The first kappa shape index (κ1) is 13.2. The lowest BCUT2D eigenvalue weighted by Crippen LogP contribution is -2.37. The summed E-state index contributed by atoms with van der Waals surface area (Å²) in [6.07, 6.45) is 4.38. The molecule has 2 heterocycles. The van der Waals surface area contributed by atoms with Gasteiger partial charge in [-0.05, 0) is 45.8 Å². The van der Waals surface area contributed by atoms with E-state index in [1.165, 1.54) is 31.6 Å². The second-order valence-electron chi connectivity index (χ2n) is 4.42. The molecule has 0 radical (unpaired) electrons. The molecular formula is C13H25N3. The van der Waals surface area contributed by atoms with E-state index in [4.69, 9.17) is 0 Å². The SMILES string of the molecule is CC.CC(C)N1CCC(c2ccn[nH]2)CC1. The Morgan fingerprint density at radius 1 is 1.31 bits per heavy atom. The number of piperidine rings is 1. The highest BCUT2D eigenvalue weighted by molar-refractivity contribution is 5.06.